The monoisotopic (exact) mass is 257 g/mol. The van der Waals surface area contributed by atoms with E-state index >= 15 is 0 Å². The number of hydrogen-bond donors (Lipinski definition) is 2. The molecule has 0 unspecified atom stereocenters. The molecule has 3 nitrogen and oxygen atoms in total. The van der Waals surface area contributed by atoms with Crippen LogP contribution in [0.2, 0.25) is 0 Å². The average Bonchev–Trinajstić information content (AvgIpc) is 2.18. The van der Waals surface area contributed by atoms with Crippen LogP contribution >= 0.6 is 15.9 Å². The summed E-state index contributed by atoms with van der Waals surface area (Å²) < 4.78 is 5.71. The fraction of sp³-hybridized carbons (Fsp3) is 0.200. The Morgan fingerprint density at radius 3 is 2.79 bits per heavy atom. The minimum Gasteiger partial charge on any atom is -0.504 e. The fourth-order valence-corrected chi connectivity index (χ4v) is 1.75. The van der Waals surface area contributed by atoms with E-state index in [1.807, 2.05) is 0 Å². The van der Waals surface area contributed by atoms with Gasteiger partial charge in [-0.3, -0.25) is 0 Å². The lowest BCUT2D eigenvalue weighted by Gasteiger charge is -2.14. The molecule has 0 spiro atoms. The summed E-state index contributed by atoms with van der Waals surface area (Å²) in [6.45, 7) is 3.58. The lowest BCUT2D eigenvalue weighted by molar-refractivity contribution is 0.369. The SMILES string of the molecule is C=C[C@H](N)c1c(Br)ccc(OC)c1O. The number of halogens is 1. The van der Waals surface area contributed by atoms with Crippen molar-refractivity contribution < 1.29 is 9.84 Å². The molecule has 3 N–H and O–H groups in total. The molecule has 0 aliphatic heterocycles. The van der Waals surface area contributed by atoms with E-state index in [0.29, 0.717) is 11.3 Å². The molecular formula is C10H12BrNO2. The molecule has 14 heavy (non-hydrogen) atoms. The number of benzene rings is 1. The Kier molecular flexibility index (Phi) is 3.55. The van der Waals surface area contributed by atoms with Gasteiger partial charge in [-0.2, -0.15) is 0 Å². The summed E-state index contributed by atoms with van der Waals surface area (Å²) in [5, 5.41) is 9.79. The summed E-state index contributed by atoms with van der Waals surface area (Å²) in [5.41, 5.74) is 6.34. The van der Waals surface area contributed by atoms with Gasteiger partial charge < -0.3 is 15.6 Å². The van der Waals surface area contributed by atoms with E-state index in [1.165, 1.54) is 7.11 Å². The second-order valence-corrected chi connectivity index (χ2v) is 3.63. The Labute approximate surface area is 91.3 Å². The van der Waals surface area contributed by atoms with Crippen LogP contribution in [-0.4, -0.2) is 12.2 Å². The van der Waals surface area contributed by atoms with Crippen molar-refractivity contribution in [3.8, 4) is 11.5 Å². The molecule has 0 heterocycles. The summed E-state index contributed by atoms with van der Waals surface area (Å²) >= 11 is 3.31. The fourth-order valence-electron chi connectivity index (χ4n) is 1.16. The van der Waals surface area contributed by atoms with Gasteiger partial charge in [0.25, 0.3) is 0 Å². The smallest absolute Gasteiger partial charge is 0.163 e. The second-order valence-electron chi connectivity index (χ2n) is 2.77. The number of phenolic OH excluding ortho intramolecular Hbond substituents is 1. The zero-order chi connectivity index (χ0) is 10.7. The Bertz CT molecular complexity index is 352. The molecule has 0 saturated carbocycles. The number of hydrogen-bond acceptors (Lipinski definition) is 3. The Morgan fingerprint density at radius 1 is 1.64 bits per heavy atom. The third-order valence-electron chi connectivity index (χ3n) is 1.93. The summed E-state index contributed by atoms with van der Waals surface area (Å²) in [7, 11) is 1.49. The van der Waals surface area contributed by atoms with E-state index in [2.05, 4.69) is 22.5 Å². The van der Waals surface area contributed by atoms with Crippen LogP contribution in [0.25, 0.3) is 0 Å². The number of ether oxygens (including phenoxy) is 1. The summed E-state index contributed by atoms with van der Waals surface area (Å²) in [4.78, 5) is 0. The van der Waals surface area contributed by atoms with Crippen molar-refractivity contribution in [2.45, 2.75) is 6.04 Å². The molecule has 0 aliphatic rings. The first-order chi connectivity index (χ1) is 6.61. The average molecular weight is 258 g/mol. The van der Waals surface area contributed by atoms with E-state index < -0.39 is 6.04 Å². The lowest BCUT2D eigenvalue weighted by atomic mass is 10.1. The van der Waals surface area contributed by atoms with Gasteiger partial charge in [0.15, 0.2) is 11.5 Å². The number of aromatic hydroxyl groups is 1. The van der Waals surface area contributed by atoms with Gasteiger partial charge >= 0.3 is 0 Å². The highest BCUT2D eigenvalue weighted by Crippen LogP contribution is 2.38. The summed E-state index contributed by atoms with van der Waals surface area (Å²) in [5.74, 6) is 0.453. The normalized spacial score (nSPS) is 12.2. The van der Waals surface area contributed by atoms with Crippen molar-refractivity contribution >= 4 is 15.9 Å². The van der Waals surface area contributed by atoms with Crippen LogP contribution in [0, 0.1) is 0 Å². The van der Waals surface area contributed by atoms with Crippen molar-refractivity contribution in [1.29, 1.82) is 0 Å². The van der Waals surface area contributed by atoms with Crippen LogP contribution in [0.3, 0.4) is 0 Å². The maximum atomic E-state index is 9.79. The molecule has 0 radical (unpaired) electrons. The van der Waals surface area contributed by atoms with Crippen LogP contribution in [0.5, 0.6) is 11.5 Å². The number of methoxy groups -OCH3 is 1. The molecule has 0 amide bonds. The first kappa shape index (κ1) is 11.1. The zero-order valence-corrected chi connectivity index (χ0v) is 9.41. The van der Waals surface area contributed by atoms with Gasteiger partial charge in [-0.1, -0.05) is 22.0 Å². The predicted molar refractivity (Wildman–Crippen MR) is 59.5 cm³/mol. The number of rotatable bonds is 3. The van der Waals surface area contributed by atoms with Gasteiger partial charge in [0.2, 0.25) is 0 Å². The van der Waals surface area contributed by atoms with Crippen molar-refractivity contribution in [2.24, 2.45) is 5.73 Å². The first-order valence-corrected chi connectivity index (χ1v) is 4.84. The summed E-state index contributed by atoms with van der Waals surface area (Å²) in [6, 6.07) is 3.02. The molecule has 1 aromatic rings. The van der Waals surface area contributed by atoms with Crippen molar-refractivity contribution in [3.63, 3.8) is 0 Å². The highest BCUT2D eigenvalue weighted by molar-refractivity contribution is 9.10. The molecule has 4 heteroatoms. The Morgan fingerprint density at radius 2 is 2.29 bits per heavy atom. The summed E-state index contributed by atoms with van der Waals surface area (Å²) in [6.07, 6.45) is 1.55. The van der Waals surface area contributed by atoms with Gasteiger partial charge in [0.1, 0.15) is 0 Å². The van der Waals surface area contributed by atoms with E-state index in [9.17, 15) is 5.11 Å². The topological polar surface area (TPSA) is 55.5 Å². The Balaban J connectivity index is 3.31. The quantitative estimate of drug-likeness (QED) is 0.818. The minimum absolute atomic E-state index is 0.0503. The molecule has 0 saturated heterocycles. The van der Waals surface area contributed by atoms with E-state index in [4.69, 9.17) is 10.5 Å². The van der Waals surface area contributed by atoms with Crippen LogP contribution in [0.4, 0.5) is 0 Å². The second kappa shape index (κ2) is 4.48. The van der Waals surface area contributed by atoms with Gasteiger partial charge in [0, 0.05) is 10.0 Å². The minimum atomic E-state index is -0.417. The van der Waals surface area contributed by atoms with Crippen LogP contribution in [0.1, 0.15) is 11.6 Å². The van der Waals surface area contributed by atoms with Gasteiger partial charge in [-0.15, -0.1) is 6.58 Å². The molecule has 0 fully saturated rings. The molecule has 76 valence electrons. The van der Waals surface area contributed by atoms with E-state index in [1.54, 1.807) is 18.2 Å². The molecule has 1 rings (SSSR count). The van der Waals surface area contributed by atoms with Gasteiger partial charge in [-0.05, 0) is 12.1 Å². The van der Waals surface area contributed by atoms with Crippen molar-refractivity contribution in [3.05, 3.63) is 34.8 Å². The van der Waals surface area contributed by atoms with Crippen molar-refractivity contribution in [1.82, 2.24) is 0 Å². The molecule has 1 aromatic carbocycles. The highest BCUT2D eigenvalue weighted by Gasteiger charge is 2.15. The molecule has 0 aliphatic carbocycles. The zero-order valence-electron chi connectivity index (χ0n) is 7.83. The third kappa shape index (κ3) is 1.91. The van der Waals surface area contributed by atoms with E-state index in [0.717, 1.165) is 4.47 Å². The largest absolute Gasteiger partial charge is 0.504 e. The molecule has 0 bridgehead atoms. The van der Waals surface area contributed by atoms with Crippen molar-refractivity contribution in [2.75, 3.05) is 7.11 Å². The standard InChI is InChI=1S/C10H12BrNO2/c1-3-7(12)9-6(11)4-5-8(14-2)10(9)13/h3-5,7,13H,1,12H2,2H3/t7-/m0/s1. The third-order valence-corrected chi connectivity index (χ3v) is 2.63. The number of phenols is 1. The molecular weight excluding hydrogens is 246 g/mol. The van der Waals surface area contributed by atoms with Crippen LogP contribution in [0.15, 0.2) is 29.3 Å². The number of nitrogens with two attached hydrogens (primary N) is 1. The van der Waals surface area contributed by atoms with Gasteiger partial charge in [0.05, 0.1) is 13.2 Å². The van der Waals surface area contributed by atoms with Gasteiger partial charge in [-0.25, -0.2) is 0 Å². The molecule has 0 aromatic heterocycles. The Hall–Kier alpha value is -1.00. The highest BCUT2D eigenvalue weighted by atomic mass is 79.9. The predicted octanol–water partition coefficient (Wildman–Crippen LogP) is 2.35. The maximum absolute atomic E-state index is 9.79. The first-order valence-electron chi connectivity index (χ1n) is 4.05. The van der Waals surface area contributed by atoms with Crippen LogP contribution < -0.4 is 10.5 Å². The maximum Gasteiger partial charge on any atom is 0.163 e. The lowest BCUT2D eigenvalue weighted by Crippen LogP contribution is -2.08. The molecule has 1 atom stereocenters. The van der Waals surface area contributed by atoms with E-state index in [-0.39, 0.29) is 5.75 Å². The van der Waals surface area contributed by atoms with Crippen LogP contribution in [-0.2, 0) is 0 Å².